The van der Waals surface area contributed by atoms with Crippen molar-refractivity contribution >= 4 is 43.7 Å². The lowest BCUT2D eigenvalue weighted by Gasteiger charge is -2.26. The predicted molar refractivity (Wildman–Crippen MR) is 132 cm³/mol. The molecule has 0 aliphatic carbocycles. The van der Waals surface area contributed by atoms with Crippen LogP contribution in [0, 0.1) is 0 Å². The molecule has 0 bridgehead atoms. The van der Waals surface area contributed by atoms with Gasteiger partial charge >= 0.3 is 6.09 Å². The number of fused-ring (bicyclic) bond motifs is 3. The van der Waals surface area contributed by atoms with Gasteiger partial charge in [0.15, 0.2) is 15.7 Å². The molecule has 34 heavy (non-hydrogen) atoms. The number of hydrogen-bond acceptors (Lipinski definition) is 8. The van der Waals surface area contributed by atoms with Gasteiger partial charge in [-0.05, 0) is 31.9 Å². The summed E-state index contributed by atoms with van der Waals surface area (Å²) in [4.78, 5) is 23.2. The summed E-state index contributed by atoms with van der Waals surface area (Å²) in [5.41, 5.74) is 8.73. The highest BCUT2D eigenvalue weighted by atomic mass is 32.2. The average molecular weight is 489 g/mol. The number of nitrogens with zero attached hydrogens (tertiary/aromatic N) is 4. The number of amides is 1. The van der Waals surface area contributed by atoms with E-state index in [2.05, 4.69) is 14.9 Å². The van der Waals surface area contributed by atoms with E-state index in [9.17, 15) is 13.2 Å². The molecule has 10 nitrogen and oxygen atoms in total. The summed E-state index contributed by atoms with van der Waals surface area (Å²) in [6.07, 6.45) is 1.45. The summed E-state index contributed by atoms with van der Waals surface area (Å²) in [6.45, 7) is 4.58. The predicted octanol–water partition coefficient (Wildman–Crippen LogP) is 2.31. The molecule has 3 heterocycles. The van der Waals surface area contributed by atoms with Crippen molar-refractivity contribution in [2.45, 2.75) is 45.3 Å². The van der Waals surface area contributed by atoms with Gasteiger partial charge in [0, 0.05) is 24.5 Å². The van der Waals surface area contributed by atoms with Crippen LogP contribution in [0.4, 0.5) is 10.6 Å². The number of aromatic nitrogens is 3. The van der Waals surface area contributed by atoms with Crippen LogP contribution in [0.25, 0.3) is 21.9 Å². The summed E-state index contributed by atoms with van der Waals surface area (Å²) in [5.74, 6) is 1.40. The third-order valence-corrected chi connectivity index (χ3v) is 8.06. The van der Waals surface area contributed by atoms with E-state index in [1.54, 1.807) is 4.90 Å². The molecule has 3 aromatic rings. The van der Waals surface area contributed by atoms with Gasteiger partial charge in [0.2, 0.25) is 0 Å². The minimum atomic E-state index is -3.10. The number of rotatable bonds is 9. The molecule has 0 spiro atoms. The molecule has 1 aliphatic rings. The Morgan fingerprint density at radius 1 is 1.29 bits per heavy atom. The fourth-order valence-electron chi connectivity index (χ4n) is 4.63. The van der Waals surface area contributed by atoms with Gasteiger partial charge in [-0.3, -0.25) is 0 Å². The lowest BCUT2D eigenvalue weighted by Crippen LogP contribution is -2.41. The Labute approximate surface area is 199 Å². The maximum absolute atomic E-state index is 12.3. The lowest BCUT2D eigenvalue weighted by atomic mass is 10.1. The van der Waals surface area contributed by atoms with Crippen LogP contribution in [0.3, 0.4) is 0 Å². The number of para-hydroxylation sites is 1. The Balaban J connectivity index is 1.55. The van der Waals surface area contributed by atoms with Crippen molar-refractivity contribution in [3.8, 4) is 0 Å². The van der Waals surface area contributed by atoms with Gasteiger partial charge < -0.3 is 25.3 Å². The van der Waals surface area contributed by atoms with E-state index in [4.69, 9.17) is 15.5 Å². The van der Waals surface area contributed by atoms with E-state index < -0.39 is 15.9 Å². The molecule has 1 amide bonds. The van der Waals surface area contributed by atoms with Gasteiger partial charge in [0.05, 0.1) is 36.2 Å². The molecule has 184 valence electrons. The van der Waals surface area contributed by atoms with Crippen molar-refractivity contribution in [2.75, 3.05) is 37.4 Å². The van der Waals surface area contributed by atoms with Crippen LogP contribution in [0.2, 0.25) is 0 Å². The number of benzene rings is 1. The topological polar surface area (TPSA) is 132 Å². The Morgan fingerprint density at radius 3 is 2.79 bits per heavy atom. The third-order valence-electron chi connectivity index (χ3n) is 6.31. The number of unbranched alkanes of at least 4 members (excludes halogenated alkanes) is 1. The molecule has 3 N–H and O–H groups in total. The summed E-state index contributed by atoms with van der Waals surface area (Å²) in [7, 11) is -1.77. The average Bonchev–Trinajstić information content (AvgIpc) is 3.37. The quantitative estimate of drug-likeness (QED) is 0.439. The Kier molecular flexibility index (Phi) is 7.22. The molecule has 0 radical (unpaired) electrons. The lowest BCUT2D eigenvalue weighted by molar-refractivity contribution is 0.108. The number of carbonyl (C=O) groups is 1. The minimum Gasteiger partial charge on any atom is -0.453 e. The van der Waals surface area contributed by atoms with E-state index in [1.165, 1.54) is 7.11 Å². The number of methoxy groups -OCH3 is 1. The number of imidazole rings is 1. The second kappa shape index (κ2) is 10.1. The van der Waals surface area contributed by atoms with Crippen LogP contribution in [-0.2, 0) is 27.7 Å². The molecule has 1 atom stereocenters. The number of pyridine rings is 1. The van der Waals surface area contributed by atoms with Crippen molar-refractivity contribution in [3.05, 3.63) is 30.1 Å². The number of nitrogens with two attached hydrogens (primary N) is 1. The first kappa shape index (κ1) is 24.2. The first-order chi connectivity index (χ1) is 16.3. The Hall–Kier alpha value is -2.92. The standard InChI is InChI=1S/C23H32N6O4S/c1-3-25-14-19-27-20-21(17-8-4-5-9-18(17)26-22(20)24)29(19)12-7-6-11-28(23(30)33-2)16-10-13-34(31,32)15-16/h4-5,8-9,16,25H,3,6-7,10-15H2,1-2H3,(H2,24,26). The van der Waals surface area contributed by atoms with Crippen LogP contribution < -0.4 is 11.1 Å². The molecule has 1 unspecified atom stereocenters. The number of hydrogen-bond donors (Lipinski definition) is 2. The van der Waals surface area contributed by atoms with Gasteiger partial charge in [0.1, 0.15) is 11.3 Å². The van der Waals surface area contributed by atoms with Gasteiger partial charge in [-0.1, -0.05) is 25.1 Å². The van der Waals surface area contributed by atoms with Gasteiger partial charge in [-0.2, -0.15) is 0 Å². The third kappa shape index (κ3) is 4.95. The molecule has 1 fully saturated rings. The van der Waals surface area contributed by atoms with Crippen molar-refractivity contribution < 1.29 is 17.9 Å². The highest BCUT2D eigenvalue weighted by molar-refractivity contribution is 7.91. The first-order valence-corrected chi connectivity index (χ1v) is 13.5. The van der Waals surface area contributed by atoms with E-state index >= 15 is 0 Å². The van der Waals surface area contributed by atoms with Crippen LogP contribution in [0.15, 0.2) is 24.3 Å². The second-order valence-corrected chi connectivity index (χ2v) is 10.8. The van der Waals surface area contributed by atoms with E-state index in [1.807, 2.05) is 31.2 Å². The molecular weight excluding hydrogens is 456 g/mol. The fraction of sp³-hybridized carbons (Fsp3) is 0.522. The maximum Gasteiger partial charge on any atom is 0.409 e. The molecule has 0 saturated carbocycles. The summed E-state index contributed by atoms with van der Waals surface area (Å²) >= 11 is 0. The zero-order valence-corrected chi connectivity index (χ0v) is 20.5. The second-order valence-electron chi connectivity index (χ2n) is 8.60. The highest BCUT2D eigenvalue weighted by Gasteiger charge is 2.34. The monoisotopic (exact) mass is 488 g/mol. The van der Waals surface area contributed by atoms with Crippen LogP contribution in [-0.4, -0.2) is 71.7 Å². The SMILES string of the molecule is CCNCc1nc2c(N)nc3ccccc3c2n1CCCCN(C(=O)OC)C1CCS(=O)(=O)C1. The van der Waals surface area contributed by atoms with E-state index in [-0.39, 0.29) is 17.5 Å². The Morgan fingerprint density at radius 2 is 2.09 bits per heavy atom. The molecule has 1 saturated heterocycles. The number of nitrogen functional groups attached to an aromatic ring is 1. The summed E-state index contributed by atoms with van der Waals surface area (Å²) < 4.78 is 30.9. The zero-order chi connectivity index (χ0) is 24.3. The fourth-order valence-corrected chi connectivity index (χ4v) is 6.36. The van der Waals surface area contributed by atoms with Crippen molar-refractivity contribution in [2.24, 2.45) is 0 Å². The molecule has 11 heteroatoms. The molecule has 2 aromatic heterocycles. The van der Waals surface area contributed by atoms with Gasteiger partial charge in [0.25, 0.3) is 0 Å². The number of sulfone groups is 1. The number of carbonyl (C=O) groups excluding carboxylic acids is 1. The molecule has 4 rings (SSSR count). The Bertz CT molecular complexity index is 1290. The summed E-state index contributed by atoms with van der Waals surface area (Å²) in [5, 5.41) is 4.33. The van der Waals surface area contributed by atoms with Crippen molar-refractivity contribution in [1.29, 1.82) is 0 Å². The number of aryl methyl sites for hydroxylation is 1. The highest BCUT2D eigenvalue weighted by Crippen LogP contribution is 2.29. The number of anilines is 1. The zero-order valence-electron chi connectivity index (χ0n) is 19.7. The van der Waals surface area contributed by atoms with Crippen molar-refractivity contribution in [3.63, 3.8) is 0 Å². The van der Waals surface area contributed by atoms with Gasteiger partial charge in [-0.25, -0.2) is 23.2 Å². The first-order valence-electron chi connectivity index (χ1n) is 11.6. The van der Waals surface area contributed by atoms with E-state index in [0.717, 1.165) is 35.2 Å². The number of ether oxygens (including phenoxy) is 1. The smallest absolute Gasteiger partial charge is 0.409 e. The van der Waals surface area contributed by atoms with Crippen LogP contribution >= 0.6 is 0 Å². The van der Waals surface area contributed by atoms with E-state index in [0.29, 0.717) is 43.8 Å². The largest absolute Gasteiger partial charge is 0.453 e. The maximum atomic E-state index is 12.3. The normalized spacial score (nSPS) is 17.4. The van der Waals surface area contributed by atoms with Crippen LogP contribution in [0.1, 0.15) is 32.0 Å². The minimum absolute atomic E-state index is 0.000635. The number of nitrogens with one attached hydrogen (secondary N) is 1. The molecule has 1 aromatic carbocycles. The van der Waals surface area contributed by atoms with Crippen LogP contribution in [0.5, 0.6) is 0 Å². The molecule has 1 aliphatic heterocycles. The van der Waals surface area contributed by atoms with Gasteiger partial charge in [-0.15, -0.1) is 0 Å². The summed E-state index contributed by atoms with van der Waals surface area (Å²) in [6, 6.07) is 7.55. The van der Waals surface area contributed by atoms with Crippen molar-refractivity contribution in [1.82, 2.24) is 24.8 Å². The molecular formula is C23H32N6O4S.